The first-order valence-electron chi connectivity index (χ1n) is 7.92. The van der Waals surface area contributed by atoms with Crippen molar-refractivity contribution in [3.8, 4) is 5.75 Å². The van der Waals surface area contributed by atoms with E-state index in [1.165, 1.54) is 22.2 Å². The van der Waals surface area contributed by atoms with Crippen molar-refractivity contribution in [1.29, 1.82) is 0 Å². The van der Waals surface area contributed by atoms with Crippen LogP contribution in [0.4, 0.5) is 0 Å². The average molecular weight is 329 g/mol. The summed E-state index contributed by atoms with van der Waals surface area (Å²) < 4.78 is 0. The molecule has 2 heterocycles. The second-order valence-corrected chi connectivity index (χ2v) is 6.03. The molecule has 0 saturated carbocycles. The fourth-order valence-electron chi connectivity index (χ4n) is 3.50. The summed E-state index contributed by atoms with van der Waals surface area (Å²) >= 11 is 0. The van der Waals surface area contributed by atoms with Crippen molar-refractivity contribution in [2.45, 2.75) is 25.3 Å². The molecule has 0 saturated heterocycles. The molecule has 2 aromatic carbocycles. The molecule has 4 heteroatoms. The van der Waals surface area contributed by atoms with Crippen LogP contribution in [0.1, 0.15) is 29.3 Å². The van der Waals surface area contributed by atoms with E-state index in [9.17, 15) is 5.11 Å². The second-order valence-electron chi connectivity index (χ2n) is 6.03. The molecule has 23 heavy (non-hydrogen) atoms. The van der Waals surface area contributed by atoms with Gasteiger partial charge in [0, 0.05) is 22.6 Å². The van der Waals surface area contributed by atoms with E-state index >= 15 is 0 Å². The SMILES string of the molecule is Cl.Oc1ccc2[nH]c3c(c2c1)CCNC3CCc1ccccc1. The number of aromatic amines is 1. The normalized spacial score (nSPS) is 16.8. The van der Waals surface area contributed by atoms with E-state index in [0.717, 1.165) is 31.3 Å². The Hall–Kier alpha value is -1.97. The molecule has 0 spiro atoms. The van der Waals surface area contributed by atoms with Crippen LogP contribution in [0.15, 0.2) is 48.5 Å². The summed E-state index contributed by atoms with van der Waals surface area (Å²) in [5.41, 5.74) is 5.16. The predicted molar refractivity (Wildman–Crippen MR) is 96.4 cm³/mol. The molecule has 1 aliphatic heterocycles. The summed E-state index contributed by atoms with van der Waals surface area (Å²) in [4.78, 5) is 3.56. The van der Waals surface area contributed by atoms with Gasteiger partial charge in [0.15, 0.2) is 0 Å². The number of aromatic hydroxyl groups is 1. The number of fused-ring (bicyclic) bond motifs is 3. The van der Waals surface area contributed by atoms with Crippen molar-refractivity contribution >= 4 is 23.3 Å². The smallest absolute Gasteiger partial charge is 0.116 e. The summed E-state index contributed by atoms with van der Waals surface area (Å²) in [6, 6.07) is 16.6. The summed E-state index contributed by atoms with van der Waals surface area (Å²) in [6.45, 7) is 0.995. The molecule has 0 fully saturated rings. The molecule has 1 aliphatic rings. The number of phenols is 1. The maximum atomic E-state index is 9.74. The molecular formula is C19H21ClN2O. The van der Waals surface area contributed by atoms with Crippen LogP contribution in [0.2, 0.25) is 0 Å². The van der Waals surface area contributed by atoms with E-state index in [0.29, 0.717) is 11.8 Å². The fourth-order valence-corrected chi connectivity index (χ4v) is 3.50. The second kappa shape index (κ2) is 6.65. The number of aryl methyl sites for hydroxylation is 1. The maximum absolute atomic E-state index is 9.74. The molecule has 3 aromatic rings. The van der Waals surface area contributed by atoms with Gasteiger partial charge < -0.3 is 15.4 Å². The Morgan fingerprint density at radius 3 is 2.74 bits per heavy atom. The molecule has 1 aromatic heterocycles. The van der Waals surface area contributed by atoms with Crippen molar-refractivity contribution in [1.82, 2.24) is 10.3 Å². The summed E-state index contributed by atoms with van der Waals surface area (Å²) in [7, 11) is 0. The zero-order chi connectivity index (χ0) is 14.9. The van der Waals surface area contributed by atoms with Crippen LogP contribution in [0.3, 0.4) is 0 Å². The number of benzene rings is 2. The molecular weight excluding hydrogens is 308 g/mol. The van der Waals surface area contributed by atoms with E-state index in [1.807, 2.05) is 12.1 Å². The standard InChI is InChI=1S/C19H20N2O.ClH/c22-14-7-9-17-16(12-14)15-10-11-20-18(19(15)21-17)8-6-13-4-2-1-3-5-13;/h1-5,7,9,12,18,20-22H,6,8,10-11H2;1H. The zero-order valence-corrected chi connectivity index (χ0v) is 13.7. The number of hydrogen-bond acceptors (Lipinski definition) is 2. The van der Waals surface area contributed by atoms with Gasteiger partial charge in [-0.05, 0) is 55.1 Å². The van der Waals surface area contributed by atoms with Crippen molar-refractivity contribution < 1.29 is 5.11 Å². The van der Waals surface area contributed by atoms with Gasteiger partial charge in [-0.15, -0.1) is 12.4 Å². The van der Waals surface area contributed by atoms with E-state index in [1.54, 1.807) is 6.07 Å². The van der Waals surface area contributed by atoms with Gasteiger partial charge in [0.1, 0.15) is 5.75 Å². The van der Waals surface area contributed by atoms with Crippen LogP contribution in [0, 0.1) is 0 Å². The van der Waals surface area contributed by atoms with Gasteiger partial charge in [0.25, 0.3) is 0 Å². The first kappa shape index (κ1) is 15.9. The highest BCUT2D eigenvalue weighted by molar-refractivity contribution is 5.86. The summed E-state index contributed by atoms with van der Waals surface area (Å²) in [5, 5.41) is 14.5. The minimum absolute atomic E-state index is 0. The number of H-pyrrole nitrogens is 1. The lowest BCUT2D eigenvalue weighted by molar-refractivity contribution is 0.468. The number of rotatable bonds is 3. The lowest BCUT2D eigenvalue weighted by Gasteiger charge is -2.24. The van der Waals surface area contributed by atoms with Crippen LogP contribution in [-0.4, -0.2) is 16.6 Å². The van der Waals surface area contributed by atoms with Crippen LogP contribution in [-0.2, 0) is 12.8 Å². The quantitative estimate of drug-likeness (QED) is 0.677. The van der Waals surface area contributed by atoms with E-state index in [4.69, 9.17) is 0 Å². The van der Waals surface area contributed by atoms with Crippen molar-refractivity contribution in [2.75, 3.05) is 6.54 Å². The van der Waals surface area contributed by atoms with Gasteiger partial charge in [0.2, 0.25) is 0 Å². The van der Waals surface area contributed by atoms with Crippen molar-refractivity contribution in [2.24, 2.45) is 0 Å². The third-order valence-corrected chi connectivity index (χ3v) is 4.60. The fraction of sp³-hybridized carbons (Fsp3) is 0.263. The lowest BCUT2D eigenvalue weighted by Crippen LogP contribution is -2.30. The molecule has 3 N–H and O–H groups in total. The largest absolute Gasteiger partial charge is 0.508 e. The Kier molecular flexibility index (Phi) is 4.60. The van der Waals surface area contributed by atoms with Crippen LogP contribution in [0.25, 0.3) is 10.9 Å². The first-order valence-corrected chi connectivity index (χ1v) is 7.92. The number of halogens is 1. The van der Waals surface area contributed by atoms with Gasteiger partial charge in [-0.1, -0.05) is 30.3 Å². The van der Waals surface area contributed by atoms with Crippen LogP contribution in [0.5, 0.6) is 5.75 Å². The Balaban J connectivity index is 0.00000156. The minimum Gasteiger partial charge on any atom is -0.508 e. The zero-order valence-electron chi connectivity index (χ0n) is 12.9. The predicted octanol–water partition coefficient (Wildman–Crippen LogP) is 4.11. The third-order valence-electron chi connectivity index (χ3n) is 4.60. The van der Waals surface area contributed by atoms with E-state index < -0.39 is 0 Å². The first-order chi connectivity index (χ1) is 10.8. The molecule has 120 valence electrons. The number of nitrogens with one attached hydrogen (secondary N) is 2. The molecule has 0 bridgehead atoms. The van der Waals surface area contributed by atoms with Gasteiger partial charge in [-0.25, -0.2) is 0 Å². The molecule has 0 amide bonds. The third kappa shape index (κ3) is 3.07. The molecule has 3 nitrogen and oxygen atoms in total. The highest BCUT2D eigenvalue weighted by atomic mass is 35.5. The molecule has 0 radical (unpaired) electrons. The molecule has 1 unspecified atom stereocenters. The number of phenolic OH excluding ortho intramolecular Hbond substituents is 1. The van der Waals surface area contributed by atoms with Gasteiger partial charge in [0.05, 0.1) is 0 Å². The molecule has 4 rings (SSSR count). The van der Waals surface area contributed by atoms with Crippen molar-refractivity contribution in [3.05, 3.63) is 65.4 Å². The number of aromatic nitrogens is 1. The topological polar surface area (TPSA) is 48.0 Å². The highest BCUT2D eigenvalue weighted by Crippen LogP contribution is 2.33. The summed E-state index contributed by atoms with van der Waals surface area (Å²) in [5.74, 6) is 0.341. The highest BCUT2D eigenvalue weighted by Gasteiger charge is 2.23. The van der Waals surface area contributed by atoms with Gasteiger partial charge >= 0.3 is 0 Å². The Morgan fingerprint density at radius 1 is 1.09 bits per heavy atom. The van der Waals surface area contributed by atoms with Crippen LogP contribution < -0.4 is 5.32 Å². The lowest BCUT2D eigenvalue weighted by atomic mass is 9.95. The monoisotopic (exact) mass is 328 g/mol. The number of hydrogen-bond donors (Lipinski definition) is 3. The van der Waals surface area contributed by atoms with Gasteiger partial charge in [-0.2, -0.15) is 0 Å². The summed E-state index contributed by atoms with van der Waals surface area (Å²) in [6.07, 6.45) is 3.16. The molecule has 1 atom stereocenters. The average Bonchev–Trinajstić information content (AvgIpc) is 2.92. The Labute approximate surface area is 142 Å². The van der Waals surface area contributed by atoms with Crippen LogP contribution >= 0.6 is 12.4 Å². The van der Waals surface area contributed by atoms with Gasteiger partial charge in [-0.3, -0.25) is 0 Å². The van der Waals surface area contributed by atoms with E-state index in [-0.39, 0.29) is 12.4 Å². The minimum atomic E-state index is 0. The maximum Gasteiger partial charge on any atom is 0.116 e. The Morgan fingerprint density at radius 2 is 1.91 bits per heavy atom. The Bertz CT molecular complexity index is 798. The van der Waals surface area contributed by atoms with E-state index in [2.05, 4.69) is 40.6 Å². The van der Waals surface area contributed by atoms with Crippen molar-refractivity contribution in [3.63, 3.8) is 0 Å². The molecule has 0 aliphatic carbocycles.